The Bertz CT molecular complexity index is 1120. The summed E-state index contributed by atoms with van der Waals surface area (Å²) in [6.07, 6.45) is 4.84. The van der Waals surface area contributed by atoms with Gasteiger partial charge in [0.15, 0.2) is 0 Å². The molecule has 0 aliphatic rings. The molecule has 0 atom stereocenters. The second-order valence-electron chi connectivity index (χ2n) is 9.64. The van der Waals surface area contributed by atoms with Crippen molar-refractivity contribution < 1.29 is 20.8 Å². The molecule has 0 heterocycles. The summed E-state index contributed by atoms with van der Waals surface area (Å²) in [7, 11) is 11.0. The summed E-state index contributed by atoms with van der Waals surface area (Å²) >= 11 is -0.826. The summed E-state index contributed by atoms with van der Waals surface area (Å²) in [4.78, 5) is 0. The minimum atomic E-state index is -0.826. The Balaban J connectivity index is 0.000000296. The van der Waals surface area contributed by atoms with Gasteiger partial charge in [0.25, 0.3) is 0 Å². The van der Waals surface area contributed by atoms with Crippen molar-refractivity contribution in [3.05, 3.63) is 80.9 Å². The van der Waals surface area contributed by atoms with E-state index in [0.29, 0.717) is 0 Å². The van der Waals surface area contributed by atoms with E-state index in [9.17, 15) is 0 Å². The third kappa shape index (κ3) is 8.69. The van der Waals surface area contributed by atoms with Gasteiger partial charge >= 0.3 is 37.9 Å². The van der Waals surface area contributed by atoms with E-state index in [0.717, 1.165) is 9.52 Å². The van der Waals surface area contributed by atoms with E-state index in [1.807, 2.05) is 0 Å². The number of benzene rings is 2. The van der Waals surface area contributed by atoms with E-state index in [1.165, 1.54) is 91.7 Å². The fourth-order valence-electron chi connectivity index (χ4n) is 4.79. The van der Waals surface area contributed by atoms with Crippen molar-refractivity contribution in [2.75, 3.05) is 0 Å². The van der Waals surface area contributed by atoms with E-state index in [2.05, 4.69) is 105 Å². The van der Waals surface area contributed by atoms with Gasteiger partial charge in [0.2, 0.25) is 0 Å². The average Bonchev–Trinajstić information content (AvgIpc) is 3.31. The van der Waals surface area contributed by atoms with Crippen LogP contribution in [0.4, 0.5) is 0 Å². The SMILES string of the molecule is CCCc1ccc(C)c2[cH-]c(C)c(C)c12.CCCc1ccc(C)c2[cH-]c(C)c(C)c12.C[Si]C.[Cl][Zr+2][Cl]. The van der Waals surface area contributed by atoms with Crippen molar-refractivity contribution in [2.24, 2.45) is 0 Å². The van der Waals surface area contributed by atoms with Crippen molar-refractivity contribution >= 4 is 48.1 Å². The van der Waals surface area contributed by atoms with Crippen LogP contribution in [0.5, 0.6) is 0 Å². The molecule has 4 heteroatoms. The minimum absolute atomic E-state index is 0.826. The molecule has 0 aliphatic heterocycles. The summed E-state index contributed by atoms with van der Waals surface area (Å²) in [5.74, 6) is 0. The molecule has 0 amide bonds. The van der Waals surface area contributed by atoms with Crippen molar-refractivity contribution in [3.63, 3.8) is 0 Å². The van der Waals surface area contributed by atoms with Crippen molar-refractivity contribution in [1.82, 2.24) is 0 Å². The molecule has 36 heavy (non-hydrogen) atoms. The molecular weight excluding hydrogens is 575 g/mol. The second-order valence-corrected chi connectivity index (χ2v) is 14.4. The third-order valence-electron chi connectivity index (χ3n) is 6.79. The van der Waals surface area contributed by atoms with Crippen LogP contribution in [0.1, 0.15) is 71.2 Å². The Morgan fingerprint density at radius 2 is 0.972 bits per heavy atom. The average molecular weight is 619 g/mol. The zero-order valence-corrected chi connectivity index (χ0v) is 29.0. The van der Waals surface area contributed by atoms with Crippen LogP contribution in [-0.4, -0.2) is 9.52 Å². The molecule has 0 N–H and O–H groups in total. The van der Waals surface area contributed by atoms with Gasteiger partial charge in [-0.1, -0.05) is 105 Å². The van der Waals surface area contributed by atoms with Crippen LogP contribution in [0.25, 0.3) is 21.5 Å². The molecule has 0 unspecified atom stereocenters. The predicted octanol–water partition coefficient (Wildman–Crippen LogP) is 11.0. The van der Waals surface area contributed by atoms with Crippen molar-refractivity contribution in [1.29, 1.82) is 0 Å². The topological polar surface area (TPSA) is 0 Å². The molecule has 194 valence electrons. The first-order valence-electron chi connectivity index (χ1n) is 13.0. The van der Waals surface area contributed by atoms with Crippen LogP contribution in [0.15, 0.2) is 36.4 Å². The van der Waals surface area contributed by atoms with Gasteiger partial charge in [0, 0.05) is 9.52 Å². The van der Waals surface area contributed by atoms with Gasteiger partial charge in [-0.3, -0.25) is 0 Å². The molecule has 0 fully saturated rings. The Morgan fingerprint density at radius 3 is 1.25 bits per heavy atom. The molecule has 0 nitrogen and oxygen atoms in total. The number of halogens is 2. The van der Waals surface area contributed by atoms with Gasteiger partial charge in [-0.05, 0) is 12.8 Å². The van der Waals surface area contributed by atoms with Crippen LogP contribution < -0.4 is 0 Å². The molecular formula is C32H44Cl2SiZr. The Hall–Kier alpha value is -0.660. The van der Waals surface area contributed by atoms with Crippen LogP contribution in [0.2, 0.25) is 13.1 Å². The summed E-state index contributed by atoms with van der Waals surface area (Å²) in [5, 5.41) is 5.93. The monoisotopic (exact) mass is 616 g/mol. The Morgan fingerprint density at radius 1 is 0.667 bits per heavy atom. The number of rotatable bonds is 4. The molecule has 0 saturated heterocycles. The van der Waals surface area contributed by atoms with Crippen LogP contribution in [-0.2, 0) is 33.7 Å². The van der Waals surface area contributed by atoms with Gasteiger partial charge in [-0.15, -0.1) is 68.1 Å². The molecule has 0 saturated carbocycles. The quantitative estimate of drug-likeness (QED) is 0.158. The Labute approximate surface area is 242 Å². The number of hydrogen-bond donors (Lipinski definition) is 0. The third-order valence-corrected chi connectivity index (χ3v) is 6.79. The molecule has 0 aromatic heterocycles. The van der Waals surface area contributed by atoms with E-state index in [4.69, 9.17) is 17.0 Å². The van der Waals surface area contributed by atoms with Crippen LogP contribution in [0, 0.1) is 41.5 Å². The molecule has 0 aliphatic carbocycles. The van der Waals surface area contributed by atoms with E-state index < -0.39 is 20.8 Å². The van der Waals surface area contributed by atoms with Crippen LogP contribution >= 0.6 is 17.0 Å². The van der Waals surface area contributed by atoms with Crippen LogP contribution in [0.3, 0.4) is 0 Å². The zero-order chi connectivity index (χ0) is 27.4. The maximum absolute atomic E-state index is 4.93. The van der Waals surface area contributed by atoms with Gasteiger partial charge in [0.05, 0.1) is 0 Å². The van der Waals surface area contributed by atoms with Gasteiger partial charge in [0.1, 0.15) is 0 Å². The zero-order valence-electron chi connectivity index (χ0n) is 24.0. The number of aryl methyl sites for hydroxylation is 8. The summed E-state index contributed by atoms with van der Waals surface area (Å²) in [6, 6.07) is 13.8. The fraction of sp³-hybridized carbons (Fsp3) is 0.438. The molecule has 2 radical (unpaired) electrons. The van der Waals surface area contributed by atoms with E-state index in [1.54, 1.807) is 0 Å². The first kappa shape index (κ1) is 33.4. The fourth-order valence-corrected chi connectivity index (χ4v) is 4.79. The van der Waals surface area contributed by atoms with E-state index in [-0.39, 0.29) is 0 Å². The predicted molar refractivity (Wildman–Crippen MR) is 165 cm³/mol. The summed E-state index contributed by atoms with van der Waals surface area (Å²) in [6.45, 7) is 22.1. The first-order valence-corrected chi connectivity index (χ1v) is 21.3. The van der Waals surface area contributed by atoms with Crippen molar-refractivity contribution in [3.8, 4) is 0 Å². The normalized spacial score (nSPS) is 10.1. The number of fused-ring (bicyclic) bond motifs is 2. The maximum atomic E-state index is 4.93. The van der Waals surface area contributed by atoms with Crippen molar-refractivity contribution in [2.45, 2.75) is 94.2 Å². The summed E-state index contributed by atoms with van der Waals surface area (Å²) < 4.78 is 0. The van der Waals surface area contributed by atoms with Gasteiger partial charge in [-0.2, -0.15) is 11.1 Å². The first-order chi connectivity index (χ1) is 17.1. The molecule has 4 rings (SSSR count). The standard InChI is InChI=1S/2C15H19.C2H6Si.2ClH.Zr/c2*1-5-6-13-8-7-10(2)14-9-11(3)12(4)15(13)14;1-3-2;;;/h2*7-9H,5-6H2,1-4H3;1-2H3;2*1H;/q2*-1;;;;+4/p-2. The van der Waals surface area contributed by atoms with Gasteiger partial charge < -0.3 is 0 Å². The second kappa shape index (κ2) is 17.0. The molecule has 4 aromatic carbocycles. The number of hydrogen-bond acceptors (Lipinski definition) is 0. The molecule has 0 bridgehead atoms. The molecule has 4 aromatic rings. The van der Waals surface area contributed by atoms with Gasteiger partial charge in [-0.25, -0.2) is 0 Å². The van der Waals surface area contributed by atoms with E-state index >= 15 is 0 Å². The Kier molecular flexibility index (Phi) is 15.8. The summed E-state index contributed by atoms with van der Waals surface area (Å²) in [5.41, 5.74) is 11.6. The molecule has 0 spiro atoms.